The molecule has 0 amide bonds. The number of pyridine rings is 2. The molecule has 3 N–H and O–H groups in total. The van der Waals surface area contributed by atoms with Crippen molar-refractivity contribution in [2.75, 3.05) is 19.0 Å². The summed E-state index contributed by atoms with van der Waals surface area (Å²) in [5.74, 6) is 1.23. The van der Waals surface area contributed by atoms with Crippen LogP contribution >= 0.6 is 0 Å². The summed E-state index contributed by atoms with van der Waals surface area (Å²) in [7, 11) is 1.56. The summed E-state index contributed by atoms with van der Waals surface area (Å²) < 4.78 is 10.6. The van der Waals surface area contributed by atoms with Crippen LogP contribution in [0.4, 0.5) is 5.82 Å². The molecule has 0 aromatic carbocycles. The Hall–Kier alpha value is -3.42. The average molecular weight is 494 g/mol. The molecule has 0 bridgehead atoms. The number of unbranched alkanes of at least 4 members (excludes halogenated alkanes) is 1. The fraction of sp³-hybridized carbons (Fsp3) is 0.500. The molecule has 1 aliphatic heterocycles. The number of rotatable bonds is 11. The second-order valence-electron chi connectivity index (χ2n) is 10.0. The molecule has 0 aliphatic carbocycles. The molecular formula is C28H39N5O3. The highest BCUT2D eigenvalue weighted by Gasteiger charge is 2.21. The first-order chi connectivity index (χ1) is 17.2. The molecule has 8 heteroatoms. The summed E-state index contributed by atoms with van der Waals surface area (Å²) in [6, 6.07) is 7.52. The minimum Gasteiger partial charge on any atom is -0.481 e. The molecule has 0 saturated heterocycles. The van der Waals surface area contributed by atoms with Gasteiger partial charge in [-0.1, -0.05) is 6.07 Å². The van der Waals surface area contributed by atoms with Gasteiger partial charge in [-0.3, -0.25) is 9.79 Å². The summed E-state index contributed by atoms with van der Waals surface area (Å²) in [5, 5.41) is 3.39. The Bertz CT molecular complexity index is 1060. The number of esters is 1. The zero-order valence-electron chi connectivity index (χ0n) is 21.9. The number of fused-ring (bicyclic) bond motifs is 1. The van der Waals surface area contributed by atoms with Gasteiger partial charge in [-0.25, -0.2) is 9.97 Å². The van der Waals surface area contributed by atoms with Crippen molar-refractivity contribution in [3.05, 3.63) is 59.1 Å². The molecule has 1 unspecified atom stereocenters. The van der Waals surface area contributed by atoms with Crippen molar-refractivity contribution in [3.8, 4) is 5.88 Å². The van der Waals surface area contributed by atoms with Gasteiger partial charge in [-0.05, 0) is 88.6 Å². The van der Waals surface area contributed by atoms with Gasteiger partial charge in [0.25, 0.3) is 0 Å². The van der Waals surface area contributed by atoms with Gasteiger partial charge < -0.3 is 20.5 Å². The van der Waals surface area contributed by atoms with Gasteiger partial charge in [0.15, 0.2) is 0 Å². The number of aliphatic imine (C=N–C) groups is 1. The normalized spacial score (nSPS) is 14.7. The van der Waals surface area contributed by atoms with Crippen molar-refractivity contribution in [1.82, 2.24) is 9.97 Å². The Morgan fingerprint density at radius 2 is 2.08 bits per heavy atom. The molecule has 1 atom stereocenters. The van der Waals surface area contributed by atoms with E-state index in [0.717, 1.165) is 61.4 Å². The summed E-state index contributed by atoms with van der Waals surface area (Å²) in [4.78, 5) is 26.0. The maximum Gasteiger partial charge on any atom is 0.308 e. The topological polar surface area (TPSA) is 112 Å². The lowest BCUT2D eigenvalue weighted by atomic mass is 10.1. The number of methoxy groups -OCH3 is 1. The SMILES string of the molecule is COc1ccc(C(CC(=O)OC(C)(C)C)N=CC=C(N)CCCCc2ccc3c(n2)NCCC3)cn1. The van der Waals surface area contributed by atoms with E-state index in [9.17, 15) is 4.79 Å². The largest absolute Gasteiger partial charge is 0.481 e. The maximum absolute atomic E-state index is 12.4. The lowest BCUT2D eigenvalue weighted by Crippen LogP contribution is -2.24. The predicted molar refractivity (Wildman–Crippen MR) is 143 cm³/mol. The minimum absolute atomic E-state index is 0.109. The lowest BCUT2D eigenvalue weighted by Gasteiger charge is -2.21. The van der Waals surface area contributed by atoms with Crippen molar-refractivity contribution in [3.63, 3.8) is 0 Å². The number of nitrogens with zero attached hydrogens (tertiary/aromatic N) is 3. The van der Waals surface area contributed by atoms with Crippen LogP contribution in [-0.4, -0.2) is 41.4 Å². The number of anilines is 1. The molecular weight excluding hydrogens is 454 g/mol. The summed E-state index contributed by atoms with van der Waals surface area (Å²) in [6.45, 7) is 6.54. The summed E-state index contributed by atoms with van der Waals surface area (Å²) in [6.07, 6.45) is 11.2. The van der Waals surface area contributed by atoms with Crippen LogP contribution in [0.2, 0.25) is 0 Å². The zero-order chi connectivity index (χ0) is 26.0. The molecule has 0 saturated carbocycles. The quantitative estimate of drug-likeness (QED) is 0.259. The average Bonchev–Trinajstić information content (AvgIpc) is 2.85. The van der Waals surface area contributed by atoms with E-state index in [2.05, 4.69) is 27.4 Å². The van der Waals surface area contributed by atoms with Gasteiger partial charge in [-0.15, -0.1) is 0 Å². The first kappa shape index (κ1) is 27.2. The molecule has 1 aliphatic rings. The van der Waals surface area contributed by atoms with Gasteiger partial charge in [0.05, 0.1) is 19.6 Å². The maximum atomic E-state index is 12.4. The highest BCUT2D eigenvalue weighted by molar-refractivity contribution is 5.74. The van der Waals surface area contributed by atoms with E-state index in [1.807, 2.05) is 26.8 Å². The Labute approximate surface area is 214 Å². The number of carbonyl (C=O) groups excluding carboxylic acids is 1. The predicted octanol–water partition coefficient (Wildman–Crippen LogP) is 4.94. The van der Waals surface area contributed by atoms with Crippen molar-refractivity contribution in [1.29, 1.82) is 0 Å². The Morgan fingerprint density at radius 3 is 2.81 bits per heavy atom. The summed E-state index contributed by atoms with van der Waals surface area (Å²) in [5.41, 5.74) is 9.64. The van der Waals surface area contributed by atoms with Crippen LogP contribution in [0.1, 0.15) is 75.7 Å². The van der Waals surface area contributed by atoms with Crippen LogP contribution in [0.25, 0.3) is 0 Å². The van der Waals surface area contributed by atoms with Crippen molar-refractivity contribution < 1.29 is 14.3 Å². The number of allylic oxidation sites excluding steroid dienone is 2. The van der Waals surface area contributed by atoms with E-state index in [1.165, 1.54) is 12.0 Å². The Kier molecular flexibility index (Phi) is 9.85. The van der Waals surface area contributed by atoms with Gasteiger partial charge >= 0.3 is 5.97 Å². The highest BCUT2D eigenvalue weighted by Crippen LogP contribution is 2.24. The Morgan fingerprint density at radius 1 is 1.25 bits per heavy atom. The third kappa shape index (κ3) is 8.98. The van der Waals surface area contributed by atoms with Crippen molar-refractivity contribution in [2.45, 2.75) is 77.4 Å². The smallest absolute Gasteiger partial charge is 0.308 e. The van der Waals surface area contributed by atoms with Gasteiger partial charge in [-0.2, -0.15) is 0 Å². The van der Waals surface area contributed by atoms with Crippen LogP contribution in [0.5, 0.6) is 5.88 Å². The van der Waals surface area contributed by atoms with Crippen molar-refractivity contribution in [2.24, 2.45) is 10.7 Å². The van der Waals surface area contributed by atoms with Crippen molar-refractivity contribution >= 4 is 18.0 Å². The van der Waals surface area contributed by atoms with Crippen LogP contribution in [0.3, 0.4) is 0 Å². The number of nitrogens with two attached hydrogens (primary N) is 1. The highest BCUT2D eigenvalue weighted by atomic mass is 16.6. The molecule has 8 nitrogen and oxygen atoms in total. The molecule has 3 rings (SSSR count). The molecule has 2 aromatic rings. The zero-order valence-corrected chi connectivity index (χ0v) is 21.9. The fourth-order valence-corrected chi connectivity index (χ4v) is 3.98. The number of ether oxygens (including phenoxy) is 2. The van der Waals surface area contributed by atoms with Crippen LogP contribution < -0.4 is 15.8 Å². The van der Waals surface area contributed by atoms with Gasteiger partial charge in [0.2, 0.25) is 5.88 Å². The van der Waals surface area contributed by atoms with Crippen LogP contribution in [-0.2, 0) is 22.4 Å². The number of nitrogens with one attached hydrogen (secondary N) is 1. The molecule has 0 radical (unpaired) electrons. The second kappa shape index (κ2) is 13.0. The standard InChI is InChI=1S/C28H39N5O3/c1-28(2,3)36-26(34)18-24(21-12-14-25(35-4)32-19-21)30-17-15-22(29)9-5-6-10-23-13-11-20-8-7-16-31-27(20)33-23/h11-15,17,19,24H,5-10,16,18,29H2,1-4H3,(H,31,33). The second-order valence-corrected chi connectivity index (χ2v) is 10.0. The van der Waals surface area contributed by atoms with Gasteiger partial charge in [0.1, 0.15) is 11.4 Å². The first-order valence-electron chi connectivity index (χ1n) is 12.7. The monoisotopic (exact) mass is 493 g/mol. The Balaban J connectivity index is 1.53. The third-order valence-corrected chi connectivity index (χ3v) is 5.79. The van der Waals surface area contributed by atoms with E-state index < -0.39 is 11.6 Å². The number of hydrogen-bond donors (Lipinski definition) is 2. The molecule has 2 aromatic heterocycles. The molecule has 0 spiro atoms. The molecule has 36 heavy (non-hydrogen) atoms. The summed E-state index contributed by atoms with van der Waals surface area (Å²) >= 11 is 0. The fourth-order valence-electron chi connectivity index (χ4n) is 3.98. The number of carbonyl (C=O) groups is 1. The minimum atomic E-state index is -0.557. The lowest BCUT2D eigenvalue weighted by molar-refractivity contribution is -0.155. The van der Waals surface area contributed by atoms with E-state index in [1.54, 1.807) is 31.7 Å². The first-order valence-corrected chi connectivity index (χ1v) is 12.7. The van der Waals surface area contributed by atoms with E-state index in [0.29, 0.717) is 5.88 Å². The molecule has 194 valence electrons. The third-order valence-electron chi connectivity index (χ3n) is 5.79. The van der Waals surface area contributed by atoms with Crippen LogP contribution in [0.15, 0.2) is 47.2 Å². The van der Waals surface area contributed by atoms with E-state index >= 15 is 0 Å². The van der Waals surface area contributed by atoms with Crippen LogP contribution in [0, 0.1) is 0 Å². The molecule has 0 fully saturated rings. The number of hydrogen-bond acceptors (Lipinski definition) is 8. The number of aryl methyl sites for hydroxylation is 2. The molecule has 3 heterocycles. The van der Waals surface area contributed by atoms with Gasteiger partial charge in [0, 0.05) is 36.4 Å². The van der Waals surface area contributed by atoms with E-state index in [4.69, 9.17) is 20.2 Å². The number of aromatic nitrogens is 2. The van der Waals surface area contributed by atoms with E-state index in [-0.39, 0.29) is 12.4 Å².